The van der Waals surface area contributed by atoms with Crippen molar-refractivity contribution in [1.82, 2.24) is 10.3 Å². The summed E-state index contributed by atoms with van der Waals surface area (Å²) in [4.78, 5) is 17.7. The van der Waals surface area contributed by atoms with Gasteiger partial charge in [0.25, 0.3) is 0 Å². The van der Waals surface area contributed by atoms with Gasteiger partial charge in [0.2, 0.25) is 0 Å². The van der Waals surface area contributed by atoms with Crippen LogP contribution in [0.3, 0.4) is 0 Å². The number of aromatic carboxylic acids is 1. The number of nitrogens with one attached hydrogen (secondary N) is 1. The number of rotatable bonds is 5. The van der Waals surface area contributed by atoms with Gasteiger partial charge in [0.15, 0.2) is 5.11 Å². The summed E-state index contributed by atoms with van der Waals surface area (Å²) in [5.74, 6) is -0.206. The van der Waals surface area contributed by atoms with Crippen LogP contribution in [0.15, 0.2) is 89.5 Å². The Labute approximate surface area is 194 Å². The Hall–Kier alpha value is -4.04. The van der Waals surface area contributed by atoms with Gasteiger partial charge in [0.1, 0.15) is 23.4 Å². The lowest BCUT2D eigenvalue weighted by molar-refractivity contribution is 0.0697. The number of halogens is 1. The van der Waals surface area contributed by atoms with Crippen molar-refractivity contribution in [3.05, 3.63) is 108 Å². The van der Waals surface area contributed by atoms with E-state index in [1.54, 1.807) is 42.6 Å². The van der Waals surface area contributed by atoms with Gasteiger partial charge in [-0.15, -0.1) is 0 Å². The van der Waals surface area contributed by atoms with E-state index >= 15 is 0 Å². The largest absolute Gasteiger partial charge is 0.478 e. The fourth-order valence-corrected chi connectivity index (χ4v) is 4.34. The third kappa shape index (κ3) is 3.96. The predicted octanol–water partition coefficient (Wildman–Crippen LogP) is 5.36. The van der Waals surface area contributed by atoms with Crippen molar-refractivity contribution < 1.29 is 18.7 Å². The zero-order chi connectivity index (χ0) is 22.9. The van der Waals surface area contributed by atoms with Gasteiger partial charge in [-0.1, -0.05) is 18.2 Å². The fraction of sp³-hybridized carbons (Fsp3) is 0.0800. The summed E-state index contributed by atoms with van der Waals surface area (Å²) in [5.41, 5.74) is 2.31. The number of hydrogen-bond acceptors (Lipinski definition) is 4. The summed E-state index contributed by atoms with van der Waals surface area (Å²) >= 11 is 5.64. The molecule has 0 aliphatic carbocycles. The molecule has 2 aromatic carbocycles. The molecule has 1 aliphatic heterocycles. The number of aromatic nitrogens is 1. The van der Waals surface area contributed by atoms with Crippen LogP contribution in [0, 0.1) is 5.82 Å². The van der Waals surface area contributed by atoms with Crippen LogP contribution in [0.1, 0.15) is 33.9 Å². The summed E-state index contributed by atoms with van der Waals surface area (Å²) in [6.45, 7) is 0. The molecular weight excluding hydrogens is 441 g/mol. The topological polar surface area (TPSA) is 78.6 Å². The van der Waals surface area contributed by atoms with Gasteiger partial charge >= 0.3 is 5.97 Å². The minimum absolute atomic E-state index is 0.175. The highest BCUT2D eigenvalue weighted by molar-refractivity contribution is 7.80. The zero-order valence-corrected chi connectivity index (χ0v) is 18.0. The van der Waals surface area contributed by atoms with E-state index in [-0.39, 0.29) is 17.4 Å². The molecular formula is C25H18FN3O3S. The van der Waals surface area contributed by atoms with Crippen LogP contribution >= 0.6 is 12.2 Å². The van der Waals surface area contributed by atoms with Crippen LogP contribution in [-0.4, -0.2) is 21.2 Å². The van der Waals surface area contributed by atoms with E-state index in [4.69, 9.17) is 16.6 Å². The molecule has 1 saturated heterocycles. The smallest absolute Gasteiger partial charge is 0.335 e. The molecule has 0 saturated carbocycles. The first-order chi connectivity index (χ1) is 16.0. The highest BCUT2D eigenvalue weighted by atomic mass is 32.1. The molecule has 2 N–H and O–H groups in total. The molecule has 5 rings (SSSR count). The number of thiocarbonyl (C=S) groups is 1. The minimum Gasteiger partial charge on any atom is -0.478 e. The van der Waals surface area contributed by atoms with Gasteiger partial charge in [0.05, 0.1) is 17.3 Å². The van der Waals surface area contributed by atoms with Crippen LogP contribution in [0.5, 0.6) is 0 Å². The quantitative estimate of drug-likeness (QED) is 0.389. The van der Waals surface area contributed by atoms with Crippen LogP contribution in [-0.2, 0) is 0 Å². The fourth-order valence-electron chi connectivity index (χ4n) is 4.00. The zero-order valence-electron chi connectivity index (χ0n) is 17.2. The highest BCUT2D eigenvalue weighted by Crippen LogP contribution is 2.42. The average Bonchev–Trinajstić information content (AvgIpc) is 3.45. The Morgan fingerprint density at radius 3 is 2.61 bits per heavy atom. The molecule has 8 heteroatoms. The van der Waals surface area contributed by atoms with Crippen molar-refractivity contribution in [3.8, 4) is 11.3 Å². The van der Waals surface area contributed by atoms with Crippen LogP contribution in [0.2, 0.25) is 0 Å². The van der Waals surface area contributed by atoms with Crippen molar-refractivity contribution in [2.75, 3.05) is 4.90 Å². The third-order valence-corrected chi connectivity index (χ3v) is 5.83. The standard InChI is InChI=1S/C25H18FN3O3S/c26-17-7-9-18(10-8-17)29-23(22(28-25(29)33)19-6-1-2-13-27-19)21-12-11-20(32-21)15-4-3-5-16(14-15)24(30)31/h1-14,22-23H,(H,28,33)(H,30,31)/t22-,23-/m0/s1. The molecule has 0 spiro atoms. The lowest BCUT2D eigenvalue weighted by atomic mass is 10.0. The van der Waals surface area contributed by atoms with Crippen molar-refractivity contribution in [2.24, 2.45) is 0 Å². The van der Waals surface area contributed by atoms with E-state index in [1.807, 2.05) is 29.2 Å². The molecule has 164 valence electrons. The molecule has 2 aromatic heterocycles. The van der Waals surface area contributed by atoms with E-state index < -0.39 is 12.0 Å². The summed E-state index contributed by atoms with van der Waals surface area (Å²) in [6.07, 6.45) is 1.71. The number of benzene rings is 2. The van der Waals surface area contributed by atoms with Gasteiger partial charge in [-0.2, -0.15) is 0 Å². The first-order valence-corrected chi connectivity index (χ1v) is 10.6. The number of carboxylic acid groups (broad SMARTS) is 1. The van der Waals surface area contributed by atoms with Gasteiger partial charge in [-0.05, 0) is 72.9 Å². The van der Waals surface area contributed by atoms with Crippen molar-refractivity contribution >= 4 is 29.0 Å². The van der Waals surface area contributed by atoms with Gasteiger partial charge < -0.3 is 19.7 Å². The van der Waals surface area contributed by atoms with E-state index in [1.165, 1.54) is 18.2 Å². The predicted molar refractivity (Wildman–Crippen MR) is 125 cm³/mol. The second-order valence-electron chi connectivity index (χ2n) is 7.56. The number of pyridine rings is 1. The first kappa shape index (κ1) is 20.8. The molecule has 1 fully saturated rings. The highest BCUT2D eigenvalue weighted by Gasteiger charge is 2.42. The Bertz CT molecular complexity index is 1320. The Morgan fingerprint density at radius 2 is 1.88 bits per heavy atom. The van der Waals surface area contributed by atoms with Gasteiger partial charge in [-0.25, -0.2) is 9.18 Å². The molecule has 3 heterocycles. The minimum atomic E-state index is -1.01. The summed E-state index contributed by atoms with van der Waals surface area (Å²) in [7, 11) is 0. The van der Waals surface area contributed by atoms with E-state index in [0.717, 1.165) is 5.69 Å². The number of nitrogens with zero attached hydrogens (tertiary/aromatic N) is 2. The monoisotopic (exact) mass is 459 g/mol. The normalized spacial score (nSPS) is 17.7. The molecule has 0 bridgehead atoms. The maximum Gasteiger partial charge on any atom is 0.335 e. The molecule has 1 aliphatic rings. The lowest BCUT2D eigenvalue weighted by Gasteiger charge is -2.26. The van der Waals surface area contributed by atoms with Crippen molar-refractivity contribution in [2.45, 2.75) is 12.1 Å². The number of furan rings is 1. The van der Waals surface area contributed by atoms with E-state index in [2.05, 4.69) is 10.3 Å². The molecule has 6 nitrogen and oxygen atoms in total. The molecule has 0 amide bonds. The molecule has 2 atom stereocenters. The van der Waals surface area contributed by atoms with Crippen molar-refractivity contribution in [1.29, 1.82) is 0 Å². The second kappa shape index (κ2) is 8.48. The average molecular weight is 460 g/mol. The van der Waals surface area contributed by atoms with Crippen LogP contribution in [0.25, 0.3) is 11.3 Å². The molecule has 0 unspecified atom stereocenters. The Kier molecular flexibility index (Phi) is 5.35. The van der Waals surface area contributed by atoms with Crippen LogP contribution < -0.4 is 10.2 Å². The Morgan fingerprint density at radius 1 is 1.06 bits per heavy atom. The lowest BCUT2D eigenvalue weighted by Crippen LogP contribution is -2.29. The van der Waals surface area contributed by atoms with Crippen LogP contribution in [0.4, 0.5) is 10.1 Å². The van der Waals surface area contributed by atoms with Crippen molar-refractivity contribution in [3.63, 3.8) is 0 Å². The van der Waals surface area contributed by atoms with E-state index in [0.29, 0.717) is 27.9 Å². The molecule has 33 heavy (non-hydrogen) atoms. The maximum absolute atomic E-state index is 13.6. The number of carboxylic acids is 1. The van der Waals surface area contributed by atoms with Gasteiger partial charge in [0, 0.05) is 17.4 Å². The molecule has 4 aromatic rings. The SMILES string of the molecule is O=C(O)c1cccc(-c2ccc([C@H]3[C@H](c4ccccn4)NC(=S)N3c3ccc(F)cc3)o2)c1. The Balaban J connectivity index is 1.58. The number of anilines is 1. The van der Waals surface area contributed by atoms with Gasteiger partial charge in [-0.3, -0.25) is 4.98 Å². The summed E-state index contributed by atoms with van der Waals surface area (Å²) in [5, 5.41) is 13.1. The summed E-state index contributed by atoms with van der Waals surface area (Å²) in [6, 6.07) is 21.2. The third-order valence-electron chi connectivity index (χ3n) is 5.52. The van der Waals surface area contributed by atoms with E-state index in [9.17, 15) is 14.3 Å². The molecule has 0 radical (unpaired) electrons. The maximum atomic E-state index is 13.6. The summed E-state index contributed by atoms with van der Waals surface area (Å²) < 4.78 is 19.8. The first-order valence-electron chi connectivity index (χ1n) is 10.2. The number of hydrogen-bond donors (Lipinski definition) is 2. The second-order valence-corrected chi connectivity index (χ2v) is 7.95. The number of carbonyl (C=O) groups is 1.